The molecule has 1 aromatic rings. The average molecular weight is 221 g/mol. The molecule has 1 rings (SSSR count). The Morgan fingerprint density at radius 3 is 1.88 bits per heavy atom. The maximum atomic E-state index is 9.44. The van der Waals surface area contributed by atoms with Crippen LogP contribution in [0.1, 0.15) is 39.4 Å². The minimum atomic E-state index is -0.387. The van der Waals surface area contributed by atoms with E-state index in [-0.39, 0.29) is 6.10 Å². The Hall–Kier alpha value is -1.02. The van der Waals surface area contributed by atoms with Crippen molar-refractivity contribution < 1.29 is 5.11 Å². The van der Waals surface area contributed by atoms with E-state index < -0.39 is 0 Å². The molecule has 0 saturated carbocycles. The number of nitrogens with zero attached hydrogens (tertiary/aromatic N) is 1. The first kappa shape index (κ1) is 13.0. The van der Waals surface area contributed by atoms with E-state index in [4.69, 9.17) is 0 Å². The second kappa shape index (κ2) is 5.35. The summed E-state index contributed by atoms with van der Waals surface area (Å²) in [4.78, 5) is 2.27. The van der Waals surface area contributed by atoms with Gasteiger partial charge in [0.1, 0.15) is 0 Å². The third-order valence-corrected chi connectivity index (χ3v) is 3.36. The molecule has 16 heavy (non-hydrogen) atoms. The van der Waals surface area contributed by atoms with Crippen LogP contribution in [0.5, 0.6) is 0 Å². The van der Waals surface area contributed by atoms with E-state index in [0.717, 1.165) is 5.56 Å². The number of benzene rings is 1. The van der Waals surface area contributed by atoms with Gasteiger partial charge in [0.15, 0.2) is 0 Å². The largest absolute Gasteiger partial charge is 0.389 e. The van der Waals surface area contributed by atoms with Crippen molar-refractivity contribution >= 4 is 5.69 Å². The second-order valence-corrected chi connectivity index (χ2v) is 4.86. The van der Waals surface area contributed by atoms with Gasteiger partial charge in [-0.15, -0.1) is 0 Å². The number of aliphatic hydroxyl groups is 1. The van der Waals surface area contributed by atoms with Crippen molar-refractivity contribution in [2.75, 3.05) is 11.9 Å². The highest BCUT2D eigenvalue weighted by Crippen LogP contribution is 2.21. The van der Waals surface area contributed by atoms with E-state index in [1.54, 1.807) is 6.92 Å². The van der Waals surface area contributed by atoms with Crippen LogP contribution in [-0.2, 0) is 0 Å². The fraction of sp³-hybridized carbons (Fsp3) is 0.571. The molecule has 90 valence electrons. The zero-order valence-electron chi connectivity index (χ0n) is 10.9. The smallest absolute Gasteiger partial charge is 0.0761 e. The van der Waals surface area contributed by atoms with Crippen molar-refractivity contribution in [2.24, 2.45) is 5.92 Å². The predicted octanol–water partition coefficient (Wildman–Crippen LogP) is 3.22. The number of hydrogen-bond donors (Lipinski definition) is 1. The van der Waals surface area contributed by atoms with Crippen molar-refractivity contribution in [1.82, 2.24) is 0 Å². The molecule has 0 saturated heterocycles. The summed E-state index contributed by atoms with van der Waals surface area (Å²) in [7, 11) is 2.11. The van der Waals surface area contributed by atoms with E-state index >= 15 is 0 Å². The van der Waals surface area contributed by atoms with Gasteiger partial charge in [-0.2, -0.15) is 0 Å². The summed E-state index contributed by atoms with van der Waals surface area (Å²) < 4.78 is 0. The lowest BCUT2D eigenvalue weighted by molar-refractivity contribution is 0.199. The topological polar surface area (TPSA) is 23.5 Å². The Morgan fingerprint density at radius 2 is 1.50 bits per heavy atom. The summed E-state index contributed by atoms with van der Waals surface area (Å²) in [5, 5.41) is 9.44. The first-order valence-corrected chi connectivity index (χ1v) is 5.94. The fourth-order valence-corrected chi connectivity index (χ4v) is 1.67. The molecule has 2 atom stereocenters. The lowest BCUT2D eigenvalue weighted by Gasteiger charge is -2.30. The first-order valence-electron chi connectivity index (χ1n) is 5.94. The van der Waals surface area contributed by atoms with E-state index in [9.17, 15) is 5.11 Å². The lowest BCUT2D eigenvalue weighted by atomic mass is 10.0. The highest BCUT2D eigenvalue weighted by molar-refractivity contribution is 5.48. The SMILES string of the molecule is CC(C)C(C)N(C)c1ccc([C@@H](C)O)cc1. The van der Waals surface area contributed by atoms with Gasteiger partial charge in [0.25, 0.3) is 0 Å². The first-order chi connectivity index (χ1) is 7.43. The minimum absolute atomic E-state index is 0.387. The van der Waals surface area contributed by atoms with Gasteiger partial charge in [0.05, 0.1) is 6.10 Å². The van der Waals surface area contributed by atoms with Crippen LogP contribution in [0.4, 0.5) is 5.69 Å². The average Bonchev–Trinajstić information content (AvgIpc) is 2.27. The number of hydrogen-bond acceptors (Lipinski definition) is 2. The minimum Gasteiger partial charge on any atom is -0.389 e. The molecule has 1 aromatic carbocycles. The highest BCUT2D eigenvalue weighted by Gasteiger charge is 2.13. The third-order valence-electron chi connectivity index (χ3n) is 3.36. The molecule has 0 heterocycles. The molecule has 0 spiro atoms. The van der Waals surface area contributed by atoms with Crippen molar-refractivity contribution in [2.45, 2.75) is 39.8 Å². The Morgan fingerprint density at radius 1 is 1.00 bits per heavy atom. The Balaban J connectivity index is 2.81. The normalized spacial score (nSPS) is 14.9. The quantitative estimate of drug-likeness (QED) is 0.844. The van der Waals surface area contributed by atoms with Crippen LogP contribution in [0.15, 0.2) is 24.3 Å². The molecule has 0 fully saturated rings. The summed E-state index contributed by atoms with van der Waals surface area (Å²) in [5.41, 5.74) is 2.17. The van der Waals surface area contributed by atoms with Crippen LogP contribution in [0.3, 0.4) is 0 Å². The van der Waals surface area contributed by atoms with Crippen LogP contribution in [0.25, 0.3) is 0 Å². The van der Waals surface area contributed by atoms with Gasteiger partial charge in [0, 0.05) is 18.8 Å². The zero-order chi connectivity index (χ0) is 12.3. The second-order valence-electron chi connectivity index (χ2n) is 4.86. The van der Waals surface area contributed by atoms with Gasteiger partial charge in [-0.3, -0.25) is 0 Å². The standard InChI is InChI=1S/C14H23NO/c1-10(2)11(3)15(5)14-8-6-13(7-9-14)12(4)16/h6-12,16H,1-5H3/t11?,12-/m1/s1. The Labute approximate surface area is 98.9 Å². The molecule has 0 aliphatic heterocycles. The predicted molar refractivity (Wildman–Crippen MR) is 69.8 cm³/mol. The number of aliphatic hydroxyl groups excluding tert-OH is 1. The molecule has 0 aliphatic rings. The molecule has 0 bridgehead atoms. The Kier molecular flexibility index (Phi) is 4.36. The van der Waals surface area contributed by atoms with Crippen LogP contribution in [-0.4, -0.2) is 18.2 Å². The van der Waals surface area contributed by atoms with Crippen molar-refractivity contribution in [3.05, 3.63) is 29.8 Å². The molecule has 0 amide bonds. The van der Waals surface area contributed by atoms with E-state index in [0.29, 0.717) is 12.0 Å². The van der Waals surface area contributed by atoms with Crippen molar-refractivity contribution in [1.29, 1.82) is 0 Å². The van der Waals surface area contributed by atoms with Crippen LogP contribution >= 0.6 is 0 Å². The molecule has 2 nitrogen and oxygen atoms in total. The molecular formula is C14H23NO. The van der Waals surface area contributed by atoms with Crippen LogP contribution < -0.4 is 4.90 Å². The maximum absolute atomic E-state index is 9.44. The van der Waals surface area contributed by atoms with Gasteiger partial charge < -0.3 is 10.0 Å². The molecule has 1 N–H and O–H groups in total. The van der Waals surface area contributed by atoms with Crippen molar-refractivity contribution in [3.63, 3.8) is 0 Å². The molecular weight excluding hydrogens is 198 g/mol. The Bertz CT molecular complexity index is 316. The van der Waals surface area contributed by atoms with E-state index in [1.807, 2.05) is 12.1 Å². The maximum Gasteiger partial charge on any atom is 0.0761 e. The van der Waals surface area contributed by atoms with Crippen LogP contribution in [0.2, 0.25) is 0 Å². The molecule has 0 radical (unpaired) electrons. The monoisotopic (exact) mass is 221 g/mol. The molecule has 0 aromatic heterocycles. The summed E-state index contributed by atoms with van der Waals surface area (Å²) in [6, 6.07) is 8.63. The summed E-state index contributed by atoms with van der Waals surface area (Å²) in [5.74, 6) is 0.626. The van der Waals surface area contributed by atoms with Gasteiger partial charge in [-0.1, -0.05) is 26.0 Å². The summed E-state index contributed by atoms with van der Waals surface area (Å²) >= 11 is 0. The molecule has 2 heteroatoms. The lowest BCUT2D eigenvalue weighted by Crippen LogP contribution is -2.33. The summed E-state index contributed by atoms with van der Waals surface area (Å²) in [6.07, 6.45) is -0.387. The highest BCUT2D eigenvalue weighted by atomic mass is 16.3. The van der Waals surface area contributed by atoms with Crippen LogP contribution in [0, 0.1) is 5.92 Å². The van der Waals surface area contributed by atoms with Gasteiger partial charge in [0.2, 0.25) is 0 Å². The third kappa shape index (κ3) is 2.99. The van der Waals surface area contributed by atoms with E-state index in [1.165, 1.54) is 5.69 Å². The molecule has 0 aliphatic carbocycles. The zero-order valence-corrected chi connectivity index (χ0v) is 10.9. The van der Waals surface area contributed by atoms with Gasteiger partial charge >= 0.3 is 0 Å². The van der Waals surface area contributed by atoms with Gasteiger partial charge in [-0.25, -0.2) is 0 Å². The van der Waals surface area contributed by atoms with Gasteiger partial charge in [-0.05, 0) is 37.5 Å². The fourth-order valence-electron chi connectivity index (χ4n) is 1.67. The van der Waals surface area contributed by atoms with E-state index in [2.05, 4.69) is 44.9 Å². The number of rotatable bonds is 4. The van der Waals surface area contributed by atoms with Crippen molar-refractivity contribution in [3.8, 4) is 0 Å². The number of anilines is 1. The molecule has 1 unspecified atom stereocenters. The summed E-state index contributed by atoms with van der Waals surface area (Å²) in [6.45, 7) is 8.47.